The van der Waals surface area contributed by atoms with E-state index in [2.05, 4.69) is 61.3 Å². The summed E-state index contributed by atoms with van der Waals surface area (Å²) in [6, 6.07) is 16.6. The Kier molecular flexibility index (Phi) is 3.52. The van der Waals surface area contributed by atoms with E-state index in [-0.39, 0.29) is 17.2 Å². The number of fused-ring (bicyclic) bond motifs is 2. The molecule has 0 unspecified atom stereocenters. The minimum absolute atomic E-state index is 0.116. The second kappa shape index (κ2) is 5.63. The van der Waals surface area contributed by atoms with Gasteiger partial charge in [-0.2, -0.15) is 5.26 Å². The highest BCUT2D eigenvalue weighted by Gasteiger charge is 2.37. The normalized spacial score (nSPS) is 16.9. The first-order chi connectivity index (χ1) is 12.4. The standard InChI is InChI=1S/C21H20N4O/c1-21(2,3)18-17-16(15(11-22)19(23)26-20(17)25-24-18)14-9-8-12-6-4-5-7-13(12)10-14/h4-10,16H,23H2,1-3H3,(H,24,25)/t16-/m0/s1. The highest BCUT2D eigenvalue weighted by atomic mass is 16.5. The molecule has 0 saturated carbocycles. The minimum atomic E-state index is -0.304. The predicted molar refractivity (Wildman–Crippen MR) is 101 cm³/mol. The lowest BCUT2D eigenvalue weighted by Crippen LogP contribution is -2.23. The lowest BCUT2D eigenvalue weighted by molar-refractivity contribution is 0.378. The van der Waals surface area contributed by atoms with Gasteiger partial charge in [0.1, 0.15) is 11.6 Å². The number of ether oxygens (including phenoxy) is 1. The molecule has 0 aliphatic carbocycles. The lowest BCUT2D eigenvalue weighted by atomic mass is 9.78. The van der Waals surface area contributed by atoms with Gasteiger partial charge in [-0.3, -0.25) is 5.10 Å². The maximum Gasteiger partial charge on any atom is 0.244 e. The van der Waals surface area contributed by atoms with Crippen LogP contribution in [0.2, 0.25) is 0 Å². The number of aromatic nitrogens is 2. The number of rotatable bonds is 1. The molecule has 0 radical (unpaired) electrons. The molecule has 2 aromatic carbocycles. The fraction of sp³-hybridized carbons (Fsp3) is 0.238. The molecule has 0 spiro atoms. The molecule has 0 amide bonds. The highest BCUT2D eigenvalue weighted by Crippen LogP contribution is 2.45. The van der Waals surface area contributed by atoms with Crippen LogP contribution in [0.5, 0.6) is 5.88 Å². The first-order valence-corrected chi connectivity index (χ1v) is 8.55. The van der Waals surface area contributed by atoms with Crippen molar-refractivity contribution >= 4 is 10.8 Å². The maximum absolute atomic E-state index is 9.76. The summed E-state index contributed by atoms with van der Waals surface area (Å²) in [5.74, 6) is 0.260. The second-order valence-corrected chi connectivity index (χ2v) is 7.60. The molecule has 5 nitrogen and oxygen atoms in total. The van der Waals surface area contributed by atoms with Crippen LogP contribution in [0.15, 0.2) is 53.9 Å². The molecule has 26 heavy (non-hydrogen) atoms. The van der Waals surface area contributed by atoms with Gasteiger partial charge in [0.2, 0.25) is 11.8 Å². The Balaban J connectivity index is 1.98. The van der Waals surface area contributed by atoms with Crippen LogP contribution in [0.3, 0.4) is 0 Å². The smallest absolute Gasteiger partial charge is 0.244 e. The average molecular weight is 344 g/mol. The number of nitriles is 1. The van der Waals surface area contributed by atoms with Gasteiger partial charge in [0.25, 0.3) is 0 Å². The van der Waals surface area contributed by atoms with Crippen LogP contribution in [0, 0.1) is 11.3 Å². The van der Waals surface area contributed by atoms with E-state index in [0.717, 1.165) is 27.6 Å². The zero-order valence-corrected chi connectivity index (χ0v) is 15.0. The van der Waals surface area contributed by atoms with Crippen molar-refractivity contribution in [1.82, 2.24) is 10.2 Å². The number of hydrogen-bond donors (Lipinski definition) is 2. The summed E-state index contributed by atoms with van der Waals surface area (Å²) in [5.41, 5.74) is 9.12. The van der Waals surface area contributed by atoms with Crippen LogP contribution < -0.4 is 10.5 Å². The van der Waals surface area contributed by atoms with E-state index >= 15 is 0 Å². The fourth-order valence-electron chi connectivity index (χ4n) is 3.54. The molecule has 0 saturated heterocycles. The third-order valence-electron chi connectivity index (χ3n) is 4.80. The Morgan fingerprint density at radius 1 is 1.15 bits per heavy atom. The van der Waals surface area contributed by atoms with Crippen LogP contribution in [-0.4, -0.2) is 10.2 Å². The average Bonchev–Trinajstić information content (AvgIpc) is 3.03. The zero-order valence-electron chi connectivity index (χ0n) is 15.0. The van der Waals surface area contributed by atoms with Crippen LogP contribution in [0.1, 0.15) is 43.5 Å². The van der Waals surface area contributed by atoms with E-state index in [1.54, 1.807) is 0 Å². The number of H-pyrrole nitrogens is 1. The van der Waals surface area contributed by atoms with Gasteiger partial charge in [0, 0.05) is 11.1 Å². The van der Waals surface area contributed by atoms with Crippen molar-refractivity contribution in [3.63, 3.8) is 0 Å². The summed E-state index contributed by atoms with van der Waals surface area (Å²) in [4.78, 5) is 0. The molecule has 0 bridgehead atoms. The van der Waals surface area contributed by atoms with Crippen molar-refractivity contribution in [2.45, 2.75) is 32.1 Å². The Labute approximate surface area is 152 Å². The van der Waals surface area contributed by atoms with Crippen molar-refractivity contribution in [2.24, 2.45) is 5.73 Å². The molecule has 1 aliphatic heterocycles. The number of nitrogens with two attached hydrogens (primary N) is 1. The molecule has 130 valence electrons. The topological polar surface area (TPSA) is 87.7 Å². The van der Waals surface area contributed by atoms with E-state index in [1.807, 2.05) is 18.2 Å². The number of nitrogens with one attached hydrogen (secondary N) is 1. The molecular formula is C21H20N4O. The molecule has 0 fully saturated rings. The molecule has 4 rings (SSSR count). The third kappa shape index (κ3) is 2.42. The van der Waals surface area contributed by atoms with E-state index in [0.29, 0.717) is 11.5 Å². The Morgan fingerprint density at radius 2 is 1.88 bits per heavy atom. The van der Waals surface area contributed by atoms with Gasteiger partial charge in [-0.05, 0) is 16.3 Å². The number of aromatic amines is 1. The summed E-state index contributed by atoms with van der Waals surface area (Å²) in [5, 5.41) is 19.4. The summed E-state index contributed by atoms with van der Waals surface area (Å²) in [6.45, 7) is 6.31. The largest absolute Gasteiger partial charge is 0.420 e. The Hall–Kier alpha value is -3.26. The van der Waals surface area contributed by atoms with Crippen LogP contribution >= 0.6 is 0 Å². The first-order valence-electron chi connectivity index (χ1n) is 8.55. The number of benzene rings is 2. The van der Waals surface area contributed by atoms with Crippen molar-refractivity contribution in [1.29, 1.82) is 5.26 Å². The van der Waals surface area contributed by atoms with Gasteiger partial charge in [0.15, 0.2) is 0 Å². The summed E-state index contributed by atoms with van der Waals surface area (Å²) in [7, 11) is 0. The minimum Gasteiger partial charge on any atom is -0.420 e. The van der Waals surface area contributed by atoms with Gasteiger partial charge in [0.05, 0.1) is 11.5 Å². The third-order valence-corrected chi connectivity index (χ3v) is 4.80. The van der Waals surface area contributed by atoms with E-state index in [9.17, 15) is 5.26 Å². The van der Waals surface area contributed by atoms with Crippen LogP contribution in [-0.2, 0) is 5.41 Å². The Bertz CT molecular complexity index is 1080. The molecule has 3 N–H and O–H groups in total. The summed E-state index contributed by atoms with van der Waals surface area (Å²) >= 11 is 0. The van der Waals surface area contributed by atoms with E-state index in [4.69, 9.17) is 10.5 Å². The lowest BCUT2D eigenvalue weighted by Gasteiger charge is -2.27. The molecular weight excluding hydrogens is 324 g/mol. The molecule has 1 atom stereocenters. The molecule has 5 heteroatoms. The first kappa shape index (κ1) is 16.2. The Morgan fingerprint density at radius 3 is 2.58 bits per heavy atom. The quantitative estimate of drug-likeness (QED) is 0.696. The van der Waals surface area contributed by atoms with Crippen LogP contribution in [0.25, 0.3) is 10.8 Å². The second-order valence-electron chi connectivity index (χ2n) is 7.60. The fourth-order valence-corrected chi connectivity index (χ4v) is 3.54. The predicted octanol–water partition coefficient (Wildman–Crippen LogP) is 4.08. The number of hydrogen-bond acceptors (Lipinski definition) is 4. The molecule has 3 aromatic rings. The van der Waals surface area contributed by atoms with Gasteiger partial charge in [-0.25, -0.2) is 0 Å². The maximum atomic E-state index is 9.76. The zero-order chi connectivity index (χ0) is 18.5. The van der Waals surface area contributed by atoms with Crippen LogP contribution in [0.4, 0.5) is 0 Å². The summed E-state index contributed by atoms with van der Waals surface area (Å²) < 4.78 is 5.64. The molecule has 2 heterocycles. The van der Waals surface area contributed by atoms with Gasteiger partial charge in [-0.1, -0.05) is 63.2 Å². The summed E-state index contributed by atoms with van der Waals surface area (Å²) in [6.07, 6.45) is 0. The van der Waals surface area contributed by atoms with Crippen molar-refractivity contribution in [3.8, 4) is 11.9 Å². The van der Waals surface area contributed by atoms with E-state index in [1.165, 1.54) is 0 Å². The molecule has 1 aromatic heterocycles. The van der Waals surface area contributed by atoms with Crippen molar-refractivity contribution in [2.75, 3.05) is 0 Å². The van der Waals surface area contributed by atoms with Crippen molar-refractivity contribution < 1.29 is 4.74 Å². The SMILES string of the molecule is CC(C)(C)c1[nH]nc2c1[C@@H](c1ccc3ccccc3c1)C(C#N)=C(N)O2. The molecule has 1 aliphatic rings. The monoisotopic (exact) mass is 344 g/mol. The number of nitrogens with zero attached hydrogens (tertiary/aromatic N) is 2. The highest BCUT2D eigenvalue weighted by molar-refractivity contribution is 5.83. The van der Waals surface area contributed by atoms with E-state index < -0.39 is 0 Å². The number of allylic oxidation sites excluding steroid dienone is 1. The van der Waals surface area contributed by atoms with Crippen molar-refractivity contribution in [3.05, 3.63) is 70.7 Å². The van der Waals surface area contributed by atoms with Gasteiger partial charge < -0.3 is 10.5 Å². The van der Waals surface area contributed by atoms with Gasteiger partial charge >= 0.3 is 0 Å². The van der Waals surface area contributed by atoms with Gasteiger partial charge in [-0.15, -0.1) is 5.10 Å².